The summed E-state index contributed by atoms with van der Waals surface area (Å²) in [6, 6.07) is 1.66. The number of carbonyl (C=O) groups is 1. The molecule has 0 spiro atoms. The first-order chi connectivity index (χ1) is 6.40. The van der Waals surface area contributed by atoms with E-state index in [4.69, 9.17) is 5.11 Å². The second-order valence-corrected chi connectivity index (χ2v) is 4.10. The van der Waals surface area contributed by atoms with Gasteiger partial charge in [-0.25, -0.2) is 4.79 Å². The summed E-state index contributed by atoms with van der Waals surface area (Å²) in [7, 11) is 0. The van der Waals surface area contributed by atoms with Crippen LogP contribution in [0.4, 0.5) is 5.69 Å². The number of carboxylic acid groups (broad SMARTS) is 1. The van der Waals surface area contributed by atoms with Crippen LogP contribution in [0.15, 0.2) is 18.5 Å². The van der Waals surface area contributed by atoms with Crippen molar-refractivity contribution in [2.24, 2.45) is 0 Å². The minimum absolute atomic E-state index is 0.161. The minimum Gasteiger partial charge on any atom is -0.478 e. The van der Waals surface area contributed by atoms with E-state index >= 15 is 0 Å². The number of anilines is 1. The molecule has 0 aliphatic rings. The second-order valence-electron chi connectivity index (χ2n) is 4.10. The molecule has 1 heterocycles. The molecule has 0 saturated carbocycles. The zero-order valence-electron chi connectivity index (χ0n) is 8.53. The molecule has 1 aromatic rings. The molecule has 0 aliphatic heterocycles. The zero-order valence-corrected chi connectivity index (χ0v) is 8.53. The lowest BCUT2D eigenvalue weighted by atomic mass is 10.1. The Morgan fingerprint density at radius 3 is 2.64 bits per heavy atom. The molecule has 0 bridgehead atoms. The Bertz CT molecular complexity index is 342. The minimum atomic E-state index is -0.968. The molecular weight excluding hydrogens is 180 g/mol. The van der Waals surface area contributed by atoms with Crippen LogP contribution in [0.2, 0.25) is 0 Å². The first-order valence-electron chi connectivity index (χ1n) is 4.35. The van der Waals surface area contributed by atoms with Gasteiger partial charge in [-0.15, -0.1) is 0 Å². The van der Waals surface area contributed by atoms with Crippen LogP contribution in [-0.4, -0.2) is 21.6 Å². The molecule has 0 aromatic carbocycles. The Labute approximate surface area is 83.0 Å². The van der Waals surface area contributed by atoms with Crippen molar-refractivity contribution in [3.05, 3.63) is 24.0 Å². The number of nitrogens with one attached hydrogen (secondary N) is 1. The third-order valence-electron chi connectivity index (χ3n) is 1.56. The van der Waals surface area contributed by atoms with E-state index < -0.39 is 5.97 Å². The highest BCUT2D eigenvalue weighted by Gasteiger charge is 2.15. The molecule has 4 nitrogen and oxygen atoms in total. The van der Waals surface area contributed by atoms with Crippen LogP contribution < -0.4 is 5.32 Å². The van der Waals surface area contributed by atoms with Crippen LogP contribution in [0.5, 0.6) is 0 Å². The average Bonchev–Trinajstić information content (AvgIpc) is 2.01. The van der Waals surface area contributed by atoms with Gasteiger partial charge in [-0.2, -0.15) is 0 Å². The quantitative estimate of drug-likeness (QED) is 0.755. The Morgan fingerprint density at radius 2 is 2.14 bits per heavy atom. The van der Waals surface area contributed by atoms with Crippen LogP contribution in [-0.2, 0) is 0 Å². The Kier molecular flexibility index (Phi) is 2.74. The summed E-state index contributed by atoms with van der Waals surface area (Å²) in [5.74, 6) is -0.968. The lowest BCUT2D eigenvalue weighted by molar-refractivity contribution is 0.0697. The molecular formula is C10H14N2O2. The van der Waals surface area contributed by atoms with Crippen molar-refractivity contribution < 1.29 is 9.90 Å². The fraction of sp³-hybridized carbons (Fsp3) is 0.400. The van der Waals surface area contributed by atoms with Gasteiger partial charge in [-0.1, -0.05) is 0 Å². The largest absolute Gasteiger partial charge is 0.478 e. The van der Waals surface area contributed by atoms with Crippen molar-refractivity contribution in [2.75, 3.05) is 5.32 Å². The first-order valence-corrected chi connectivity index (χ1v) is 4.35. The van der Waals surface area contributed by atoms with Crippen LogP contribution in [0.25, 0.3) is 0 Å². The van der Waals surface area contributed by atoms with Crippen LogP contribution >= 0.6 is 0 Å². The number of pyridine rings is 1. The van der Waals surface area contributed by atoms with Crippen molar-refractivity contribution >= 4 is 11.7 Å². The van der Waals surface area contributed by atoms with Crippen LogP contribution in [0, 0.1) is 0 Å². The third-order valence-corrected chi connectivity index (χ3v) is 1.56. The molecule has 76 valence electrons. The van der Waals surface area contributed by atoms with E-state index in [9.17, 15) is 4.79 Å². The van der Waals surface area contributed by atoms with Gasteiger partial charge in [0.2, 0.25) is 0 Å². The summed E-state index contributed by atoms with van der Waals surface area (Å²) in [4.78, 5) is 14.6. The number of hydrogen-bond donors (Lipinski definition) is 2. The van der Waals surface area contributed by atoms with Gasteiger partial charge in [0.25, 0.3) is 0 Å². The second kappa shape index (κ2) is 3.65. The van der Waals surface area contributed by atoms with E-state index in [2.05, 4.69) is 10.3 Å². The van der Waals surface area contributed by atoms with Crippen molar-refractivity contribution in [1.82, 2.24) is 4.98 Å². The molecule has 1 aromatic heterocycles. The Hall–Kier alpha value is -1.58. The summed E-state index contributed by atoms with van der Waals surface area (Å²) in [5.41, 5.74) is 0.633. The highest BCUT2D eigenvalue weighted by Crippen LogP contribution is 2.18. The summed E-state index contributed by atoms with van der Waals surface area (Å²) >= 11 is 0. The topological polar surface area (TPSA) is 62.2 Å². The zero-order chi connectivity index (χ0) is 10.8. The number of aromatic carboxylic acids is 1. The normalized spacial score (nSPS) is 11.1. The smallest absolute Gasteiger partial charge is 0.339 e. The summed E-state index contributed by atoms with van der Waals surface area (Å²) in [6.45, 7) is 5.91. The maximum atomic E-state index is 10.8. The predicted molar refractivity (Wildman–Crippen MR) is 54.6 cm³/mol. The highest BCUT2D eigenvalue weighted by molar-refractivity contribution is 5.93. The van der Waals surface area contributed by atoms with Gasteiger partial charge < -0.3 is 10.4 Å². The third kappa shape index (κ3) is 2.73. The Morgan fingerprint density at radius 1 is 1.50 bits per heavy atom. The fourth-order valence-corrected chi connectivity index (χ4v) is 1.08. The van der Waals surface area contributed by atoms with Crippen molar-refractivity contribution in [3.63, 3.8) is 0 Å². The van der Waals surface area contributed by atoms with E-state index in [1.54, 1.807) is 12.3 Å². The van der Waals surface area contributed by atoms with Crippen molar-refractivity contribution in [1.29, 1.82) is 0 Å². The number of hydrogen-bond acceptors (Lipinski definition) is 3. The molecule has 0 fully saturated rings. The fourth-order valence-electron chi connectivity index (χ4n) is 1.08. The van der Waals surface area contributed by atoms with Crippen molar-refractivity contribution in [2.45, 2.75) is 26.3 Å². The van der Waals surface area contributed by atoms with E-state index in [1.165, 1.54) is 6.20 Å². The van der Waals surface area contributed by atoms with Crippen molar-refractivity contribution in [3.8, 4) is 0 Å². The number of nitrogens with zero attached hydrogens (tertiary/aromatic N) is 1. The van der Waals surface area contributed by atoms with Crippen LogP contribution in [0.3, 0.4) is 0 Å². The lowest BCUT2D eigenvalue weighted by Crippen LogP contribution is -2.27. The molecule has 0 atom stereocenters. The first kappa shape index (κ1) is 10.5. The molecule has 14 heavy (non-hydrogen) atoms. The van der Waals surface area contributed by atoms with E-state index in [-0.39, 0.29) is 11.1 Å². The van der Waals surface area contributed by atoms with Gasteiger partial charge in [-0.3, -0.25) is 4.98 Å². The summed E-state index contributed by atoms with van der Waals surface area (Å²) < 4.78 is 0. The molecule has 1 rings (SSSR count). The predicted octanol–water partition coefficient (Wildman–Crippen LogP) is 1.99. The van der Waals surface area contributed by atoms with Gasteiger partial charge in [-0.05, 0) is 26.8 Å². The molecule has 0 radical (unpaired) electrons. The maximum absolute atomic E-state index is 10.8. The highest BCUT2D eigenvalue weighted by atomic mass is 16.4. The number of aromatic nitrogens is 1. The molecule has 2 N–H and O–H groups in total. The van der Waals surface area contributed by atoms with Gasteiger partial charge in [0.15, 0.2) is 0 Å². The molecule has 0 amide bonds. The van der Waals surface area contributed by atoms with Gasteiger partial charge in [0, 0.05) is 17.9 Å². The SMILES string of the molecule is CC(C)(C)Nc1ccncc1C(=O)O. The van der Waals surface area contributed by atoms with Gasteiger partial charge in [0.05, 0.1) is 5.69 Å². The number of rotatable bonds is 2. The van der Waals surface area contributed by atoms with Gasteiger partial charge in [0.1, 0.15) is 5.56 Å². The van der Waals surface area contributed by atoms with E-state index in [1.807, 2.05) is 20.8 Å². The lowest BCUT2D eigenvalue weighted by Gasteiger charge is -2.22. The average molecular weight is 194 g/mol. The van der Waals surface area contributed by atoms with E-state index in [0.29, 0.717) is 5.69 Å². The molecule has 4 heteroatoms. The monoisotopic (exact) mass is 194 g/mol. The number of carboxylic acids is 1. The molecule has 0 saturated heterocycles. The maximum Gasteiger partial charge on any atom is 0.339 e. The Balaban J connectivity index is 3.02. The van der Waals surface area contributed by atoms with Crippen LogP contribution in [0.1, 0.15) is 31.1 Å². The van der Waals surface area contributed by atoms with E-state index in [0.717, 1.165) is 0 Å². The molecule has 0 aliphatic carbocycles. The summed E-state index contributed by atoms with van der Waals surface area (Å²) in [5, 5.41) is 12.0. The summed E-state index contributed by atoms with van der Waals surface area (Å²) in [6.07, 6.45) is 2.91. The molecule has 0 unspecified atom stereocenters. The van der Waals surface area contributed by atoms with Gasteiger partial charge >= 0.3 is 5.97 Å². The standard InChI is InChI=1S/C10H14N2O2/c1-10(2,3)12-8-4-5-11-6-7(8)9(13)14/h4-6H,1-3H3,(H,11,12)(H,13,14).